The Morgan fingerprint density at radius 1 is 1.50 bits per heavy atom. The third-order valence-corrected chi connectivity index (χ3v) is 2.69. The number of amides is 1. The molecule has 0 radical (unpaired) electrons. The van der Waals surface area contributed by atoms with Crippen LogP contribution in [0.3, 0.4) is 0 Å². The molecule has 1 aromatic carbocycles. The van der Waals surface area contributed by atoms with Crippen molar-refractivity contribution in [2.45, 2.75) is 11.8 Å². The Labute approximate surface area is 108 Å². The standard InChI is InChI=1S/C11H12N4O2S/c1-18-11-15-14-9(17-11)6-13-10(16)7-3-2-4-8(12)5-7/h2-5H,6,12H2,1H3,(H,13,16). The molecule has 0 bridgehead atoms. The van der Waals surface area contributed by atoms with Gasteiger partial charge in [0, 0.05) is 11.3 Å². The van der Waals surface area contributed by atoms with Crippen LogP contribution in [-0.4, -0.2) is 22.4 Å². The van der Waals surface area contributed by atoms with Crippen LogP contribution in [0.25, 0.3) is 0 Å². The Bertz CT molecular complexity index is 555. The van der Waals surface area contributed by atoms with Crippen molar-refractivity contribution in [2.75, 3.05) is 12.0 Å². The molecule has 0 aliphatic rings. The van der Waals surface area contributed by atoms with Gasteiger partial charge in [-0.25, -0.2) is 0 Å². The van der Waals surface area contributed by atoms with E-state index in [1.165, 1.54) is 11.8 Å². The number of thioether (sulfide) groups is 1. The highest BCUT2D eigenvalue weighted by Crippen LogP contribution is 2.11. The molecule has 0 aliphatic carbocycles. The maximum absolute atomic E-state index is 11.8. The second-order valence-corrected chi connectivity index (χ2v) is 4.23. The molecule has 18 heavy (non-hydrogen) atoms. The maximum atomic E-state index is 11.8. The van der Waals surface area contributed by atoms with Gasteiger partial charge in [-0.2, -0.15) is 0 Å². The number of nitrogens with one attached hydrogen (secondary N) is 1. The number of hydrogen-bond donors (Lipinski definition) is 2. The van der Waals surface area contributed by atoms with Gasteiger partial charge in [-0.05, 0) is 24.5 Å². The minimum absolute atomic E-state index is 0.196. The molecule has 1 heterocycles. The lowest BCUT2D eigenvalue weighted by Gasteiger charge is -2.02. The van der Waals surface area contributed by atoms with Gasteiger partial charge in [0.2, 0.25) is 5.89 Å². The molecule has 6 nitrogen and oxygen atoms in total. The highest BCUT2D eigenvalue weighted by Gasteiger charge is 2.09. The predicted molar refractivity (Wildman–Crippen MR) is 68.1 cm³/mol. The largest absolute Gasteiger partial charge is 0.414 e. The molecule has 1 aromatic heterocycles. The molecule has 1 amide bonds. The summed E-state index contributed by atoms with van der Waals surface area (Å²) in [6, 6.07) is 6.74. The highest BCUT2D eigenvalue weighted by molar-refractivity contribution is 7.98. The molecule has 0 unspecified atom stereocenters. The van der Waals surface area contributed by atoms with E-state index in [-0.39, 0.29) is 12.5 Å². The van der Waals surface area contributed by atoms with E-state index in [4.69, 9.17) is 10.2 Å². The summed E-state index contributed by atoms with van der Waals surface area (Å²) >= 11 is 1.35. The second kappa shape index (κ2) is 5.54. The summed E-state index contributed by atoms with van der Waals surface area (Å²) in [5.41, 5.74) is 6.65. The van der Waals surface area contributed by atoms with E-state index in [0.29, 0.717) is 22.4 Å². The van der Waals surface area contributed by atoms with Gasteiger partial charge < -0.3 is 15.5 Å². The number of anilines is 1. The van der Waals surface area contributed by atoms with E-state index in [1.807, 2.05) is 6.26 Å². The van der Waals surface area contributed by atoms with Crippen LogP contribution in [0.4, 0.5) is 5.69 Å². The zero-order chi connectivity index (χ0) is 13.0. The molecular weight excluding hydrogens is 252 g/mol. The Morgan fingerprint density at radius 3 is 3.00 bits per heavy atom. The van der Waals surface area contributed by atoms with E-state index in [0.717, 1.165) is 0 Å². The zero-order valence-corrected chi connectivity index (χ0v) is 10.5. The second-order valence-electron chi connectivity index (χ2n) is 3.47. The van der Waals surface area contributed by atoms with Gasteiger partial charge in [-0.3, -0.25) is 4.79 Å². The Balaban J connectivity index is 1.96. The number of aromatic nitrogens is 2. The molecule has 3 N–H and O–H groups in total. The first-order valence-electron chi connectivity index (χ1n) is 5.19. The lowest BCUT2D eigenvalue weighted by Crippen LogP contribution is -2.23. The average Bonchev–Trinajstić information content (AvgIpc) is 2.84. The van der Waals surface area contributed by atoms with Crippen molar-refractivity contribution in [2.24, 2.45) is 0 Å². The first-order valence-corrected chi connectivity index (χ1v) is 6.41. The maximum Gasteiger partial charge on any atom is 0.276 e. The van der Waals surface area contributed by atoms with Crippen LogP contribution in [0.2, 0.25) is 0 Å². The summed E-state index contributed by atoms with van der Waals surface area (Å²) in [4.78, 5) is 11.8. The molecule has 2 rings (SSSR count). The lowest BCUT2D eigenvalue weighted by molar-refractivity contribution is 0.0947. The molecular formula is C11H12N4O2S. The summed E-state index contributed by atoms with van der Waals surface area (Å²) in [6.45, 7) is 0.196. The topological polar surface area (TPSA) is 94.0 Å². The zero-order valence-electron chi connectivity index (χ0n) is 9.71. The summed E-state index contributed by atoms with van der Waals surface area (Å²) in [5, 5.41) is 10.7. The van der Waals surface area contributed by atoms with Gasteiger partial charge in [-0.15, -0.1) is 10.2 Å². The quantitative estimate of drug-likeness (QED) is 0.638. The van der Waals surface area contributed by atoms with Crippen LogP contribution in [-0.2, 0) is 6.54 Å². The molecule has 0 saturated heterocycles. The number of benzene rings is 1. The number of carbonyl (C=O) groups excluding carboxylic acids is 1. The van der Waals surface area contributed by atoms with Crippen molar-refractivity contribution in [1.82, 2.24) is 15.5 Å². The Morgan fingerprint density at radius 2 is 2.33 bits per heavy atom. The normalized spacial score (nSPS) is 10.3. The number of nitrogens with zero attached hydrogens (tertiary/aromatic N) is 2. The highest BCUT2D eigenvalue weighted by atomic mass is 32.2. The third kappa shape index (κ3) is 3.01. The molecule has 94 valence electrons. The van der Waals surface area contributed by atoms with E-state index >= 15 is 0 Å². The van der Waals surface area contributed by atoms with Gasteiger partial charge in [0.25, 0.3) is 11.1 Å². The molecule has 0 aliphatic heterocycles. The smallest absolute Gasteiger partial charge is 0.276 e. The van der Waals surface area contributed by atoms with Gasteiger partial charge >= 0.3 is 0 Å². The Kier molecular flexibility index (Phi) is 3.83. The monoisotopic (exact) mass is 264 g/mol. The van der Waals surface area contributed by atoms with Crippen molar-refractivity contribution >= 4 is 23.4 Å². The van der Waals surface area contributed by atoms with Crippen molar-refractivity contribution in [1.29, 1.82) is 0 Å². The molecule has 7 heteroatoms. The molecule has 0 atom stereocenters. The van der Waals surface area contributed by atoms with Gasteiger partial charge in [0.1, 0.15) is 0 Å². The van der Waals surface area contributed by atoms with Crippen LogP contribution < -0.4 is 11.1 Å². The lowest BCUT2D eigenvalue weighted by atomic mass is 10.2. The van der Waals surface area contributed by atoms with Crippen molar-refractivity contribution in [3.8, 4) is 0 Å². The fourth-order valence-electron chi connectivity index (χ4n) is 1.33. The number of nitrogen functional groups attached to an aromatic ring is 1. The number of nitrogens with two attached hydrogens (primary N) is 1. The molecule has 0 fully saturated rings. The van der Waals surface area contributed by atoms with E-state index in [1.54, 1.807) is 24.3 Å². The van der Waals surface area contributed by atoms with Gasteiger partial charge in [0.15, 0.2) is 0 Å². The van der Waals surface area contributed by atoms with E-state index in [2.05, 4.69) is 15.5 Å². The number of rotatable bonds is 4. The van der Waals surface area contributed by atoms with Crippen molar-refractivity contribution in [3.05, 3.63) is 35.7 Å². The van der Waals surface area contributed by atoms with E-state index < -0.39 is 0 Å². The van der Waals surface area contributed by atoms with Crippen molar-refractivity contribution in [3.63, 3.8) is 0 Å². The first-order chi connectivity index (χ1) is 8.69. The average molecular weight is 264 g/mol. The van der Waals surface area contributed by atoms with Gasteiger partial charge in [0.05, 0.1) is 6.54 Å². The third-order valence-electron chi connectivity index (χ3n) is 2.17. The molecule has 0 saturated carbocycles. The SMILES string of the molecule is CSc1nnc(CNC(=O)c2cccc(N)c2)o1. The summed E-state index contributed by atoms with van der Waals surface area (Å²) < 4.78 is 5.24. The number of hydrogen-bond acceptors (Lipinski definition) is 6. The van der Waals surface area contributed by atoms with Crippen LogP contribution >= 0.6 is 11.8 Å². The fraction of sp³-hybridized carbons (Fsp3) is 0.182. The minimum atomic E-state index is -0.230. The first kappa shape index (κ1) is 12.4. The van der Waals surface area contributed by atoms with Gasteiger partial charge in [-0.1, -0.05) is 17.8 Å². The summed E-state index contributed by atoms with van der Waals surface area (Å²) in [7, 11) is 0. The summed E-state index contributed by atoms with van der Waals surface area (Å²) in [5.74, 6) is 0.141. The van der Waals surface area contributed by atoms with Crippen LogP contribution in [0.15, 0.2) is 33.9 Å². The molecule has 2 aromatic rings. The fourth-order valence-corrected chi connectivity index (χ4v) is 1.63. The van der Waals surface area contributed by atoms with Crippen LogP contribution in [0.5, 0.6) is 0 Å². The summed E-state index contributed by atoms with van der Waals surface area (Å²) in [6.07, 6.45) is 1.84. The number of carbonyl (C=O) groups is 1. The minimum Gasteiger partial charge on any atom is -0.414 e. The van der Waals surface area contributed by atoms with Crippen LogP contribution in [0, 0.1) is 0 Å². The molecule has 0 spiro atoms. The van der Waals surface area contributed by atoms with Crippen molar-refractivity contribution < 1.29 is 9.21 Å². The Hall–Kier alpha value is -2.02. The van der Waals surface area contributed by atoms with Crippen LogP contribution in [0.1, 0.15) is 16.2 Å². The van der Waals surface area contributed by atoms with E-state index in [9.17, 15) is 4.79 Å². The predicted octanol–water partition coefficient (Wildman–Crippen LogP) is 1.30.